The van der Waals surface area contributed by atoms with Crippen LogP contribution >= 0.6 is 11.3 Å². The van der Waals surface area contributed by atoms with Gasteiger partial charge in [-0.3, -0.25) is 14.2 Å². The number of alkyl halides is 5. The minimum Gasteiger partial charge on any atom is -0.415 e. The lowest BCUT2D eigenvalue weighted by Gasteiger charge is -2.28. The lowest BCUT2D eigenvalue weighted by molar-refractivity contribution is -0.124. The van der Waals surface area contributed by atoms with Crippen LogP contribution in [0.4, 0.5) is 38.7 Å². The fourth-order valence-electron chi connectivity index (χ4n) is 5.32. The van der Waals surface area contributed by atoms with E-state index in [1.165, 1.54) is 35.5 Å². The van der Waals surface area contributed by atoms with E-state index < -0.39 is 36.4 Å². The topological polar surface area (TPSA) is 128 Å². The maximum Gasteiger partial charge on any atom is 0.388 e. The molecule has 17 heteroatoms. The lowest BCUT2D eigenvalue weighted by Crippen LogP contribution is -2.36. The minimum absolute atomic E-state index is 0.118. The quantitative estimate of drug-likeness (QED) is 0.292. The van der Waals surface area contributed by atoms with Crippen molar-refractivity contribution in [3.63, 3.8) is 0 Å². The lowest BCUT2D eigenvalue weighted by atomic mass is 9.83. The molecule has 0 aliphatic heterocycles. The van der Waals surface area contributed by atoms with Gasteiger partial charge in [-0.15, -0.1) is 26.6 Å². The summed E-state index contributed by atoms with van der Waals surface area (Å²) >= 11 is 1.26. The second-order valence-corrected chi connectivity index (χ2v) is 11.9. The average Bonchev–Trinajstić information content (AvgIpc) is 3.28. The van der Waals surface area contributed by atoms with Crippen molar-refractivity contribution in [1.82, 2.24) is 29.9 Å². The van der Waals surface area contributed by atoms with Crippen LogP contribution < -0.4 is 20.7 Å². The summed E-state index contributed by atoms with van der Waals surface area (Å²) in [5.41, 5.74) is 0.896. The highest BCUT2D eigenvalue weighted by Gasteiger charge is 2.56. The summed E-state index contributed by atoms with van der Waals surface area (Å²) in [6.45, 7) is -3.23. The smallest absolute Gasteiger partial charge is 0.388 e. The SMILES string of the molecule is Cn1nc(OC(F)F)cc1Nc1nncn1[C@H]1CCc2sc(NC(=O)[C@H]3C[C@H](F)C3)c(C(=O)NC[C@H]3CC3(F)F)c2C1. The number of ether oxygens (including phenoxy) is 1. The van der Waals surface area contributed by atoms with Crippen LogP contribution in [0.15, 0.2) is 12.4 Å². The van der Waals surface area contributed by atoms with E-state index in [0.717, 1.165) is 4.88 Å². The van der Waals surface area contributed by atoms with E-state index in [1.807, 2.05) is 0 Å². The van der Waals surface area contributed by atoms with Gasteiger partial charge in [0.2, 0.25) is 17.7 Å². The Balaban J connectivity index is 1.23. The number of carbonyl (C=O) groups excluding carboxylic acids is 2. The Morgan fingerprint density at radius 2 is 2.05 bits per heavy atom. The molecule has 3 aromatic heterocycles. The molecule has 0 unspecified atom stereocenters. The Morgan fingerprint density at radius 3 is 2.74 bits per heavy atom. The van der Waals surface area contributed by atoms with Crippen LogP contribution in [0.1, 0.15) is 52.5 Å². The molecule has 3 N–H and O–H groups in total. The third kappa shape index (κ3) is 5.65. The fraction of sp³-hybridized carbons (Fsp3) is 0.560. The number of fused-ring (bicyclic) bond motifs is 1. The molecule has 2 amide bonds. The van der Waals surface area contributed by atoms with E-state index in [0.29, 0.717) is 41.6 Å². The number of aromatic nitrogens is 5. The normalized spacial score (nSPS) is 24.1. The molecule has 2 fully saturated rings. The number of nitrogens with one attached hydrogen (secondary N) is 3. The number of carbonyl (C=O) groups is 2. The van der Waals surface area contributed by atoms with E-state index in [2.05, 4.69) is 36.0 Å². The summed E-state index contributed by atoms with van der Waals surface area (Å²) in [4.78, 5) is 27.0. The largest absolute Gasteiger partial charge is 0.415 e. The number of hydrogen-bond acceptors (Lipinski definition) is 8. The second kappa shape index (κ2) is 10.8. The number of anilines is 3. The van der Waals surface area contributed by atoms with Crippen molar-refractivity contribution in [3.8, 4) is 5.88 Å². The number of aryl methyl sites for hydroxylation is 2. The Bertz CT molecular complexity index is 1500. The van der Waals surface area contributed by atoms with Gasteiger partial charge in [0.25, 0.3) is 11.8 Å². The first-order chi connectivity index (χ1) is 20.0. The van der Waals surface area contributed by atoms with Crippen molar-refractivity contribution in [1.29, 1.82) is 0 Å². The Morgan fingerprint density at radius 1 is 1.29 bits per heavy atom. The summed E-state index contributed by atoms with van der Waals surface area (Å²) in [5, 5.41) is 20.7. The Labute approximate surface area is 239 Å². The highest BCUT2D eigenvalue weighted by Crippen LogP contribution is 2.48. The molecule has 2 saturated carbocycles. The van der Waals surface area contributed by atoms with Crippen LogP contribution in [0.25, 0.3) is 0 Å². The fourth-order valence-corrected chi connectivity index (χ4v) is 6.57. The zero-order valence-corrected chi connectivity index (χ0v) is 23.1. The van der Waals surface area contributed by atoms with Gasteiger partial charge in [-0.1, -0.05) is 0 Å². The highest BCUT2D eigenvalue weighted by atomic mass is 32.1. The zero-order chi connectivity index (χ0) is 29.8. The summed E-state index contributed by atoms with van der Waals surface area (Å²) in [5.74, 6) is -4.81. The molecule has 0 saturated heterocycles. The van der Waals surface area contributed by atoms with Gasteiger partial charge in [-0.25, -0.2) is 17.9 Å². The van der Waals surface area contributed by atoms with Crippen LogP contribution in [-0.4, -0.2) is 61.6 Å². The molecule has 11 nitrogen and oxygen atoms in total. The van der Waals surface area contributed by atoms with Crippen molar-refractivity contribution in [3.05, 3.63) is 28.4 Å². The third-order valence-corrected chi connectivity index (χ3v) is 9.10. The summed E-state index contributed by atoms with van der Waals surface area (Å²) in [6, 6.07) is 1.05. The average molecular weight is 615 g/mol. The first-order valence-corrected chi connectivity index (χ1v) is 14.2. The van der Waals surface area contributed by atoms with Crippen molar-refractivity contribution >= 4 is 39.9 Å². The standard InChI is InChI=1S/C25H27F5N8O3S/c1-37-17(7-18(36-37)41-23(27)28)33-24-35-32-10-38(24)14-2-3-16-15(6-14)19(21(40)31-9-12-8-25(12,29)30)22(42-16)34-20(39)11-4-13(26)5-11/h7,10-14,23H,2-6,8-9H2,1H3,(H,31,40)(H,33,35)(H,34,39)/t11-,12-,13-,14+/m1/s1. The molecule has 226 valence electrons. The maximum atomic E-state index is 13.5. The minimum atomic E-state index is -3.03. The van der Waals surface area contributed by atoms with Crippen molar-refractivity contribution in [2.45, 2.75) is 63.3 Å². The number of rotatable bonds is 10. The summed E-state index contributed by atoms with van der Waals surface area (Å²) in [7, 11) is 1.54. The molecule has 0 radical (unpaired) electrons. The molecule has 2 atom stereocenters. The first-order valence-electron chi connectivity index (χ1n) is 13.4. The van der Waals surface area contributed by atoms with Crippen LogP contribution in [0.3, 0.4) is 0 Å². The maximum absolute atomic E-state index is 13.5. The van der Waals surface area contributed by atoms with Gasteiger partial charge in [-0.05, 0) is 37.7 Å². The molecule has 3 aliphatic rings. The van der Waals surface area contributed by atoms with Gasteiger partial charge in [0, 0.05) is 48.8 Å². The molecule has 3 aromatic rings. The second-order valence-electron chi connectivity index (χ2n) is 10.8. The van der Waals surface area contributed by atoms with Crippen LogP contribution in [0, 0.1) is 11.8 Å². The predicted octanol–water partition coefficient (Wildman–Crippen LogP) is 4.22. The molecule has 3 aliphatic carbocycles. The van der Waals surface area contributed by atoms with Crippen molar-refractivity contribution in [2.24, 2.45) is 18.9 Å². The molecule has 0 spiro atoms. The molecular weight excluding hydrogens is 587 g/mol. The van der Waals surface area contributed by atoms with E-state index in [-0.39, 0.29) is 49.2 Å². The monoisotopic (exact) mass is 614 g/mol. The van der Waals surface area contributed by atoms with Gasteiger partial charge in [0.15, 0.2) is 0 Å². The first kappa shape index (κ1) is 28.4. The van der Waals surface area contributed by atoms with Gasteiger partial charge in [0.1, 0.15) is 23.3 Å². The van der Waals surface area contributed by atoms with Crippen molar-refractivity contribution < 1.29 is 36.3 Å². The van der Waals surface area contributed by atoms with E-state index in [9.17, 15) is 31.5 Å². The molecule has 3 heterocycles. The van der Waals surface area contributed by atoms with Crippen molar-refractivity contribution in [2.75, 3.05) is 17.2 Å². The molecular formula is C25H27F5N8O3S. The number of thiophene rings is 1. The zero-order valence-electron chi connectivity index (χ0n) is 22.3. The summed E-state index contributed by atoms with van der Waals surface area (Å²) in [6.07, 6.45) is 1.94. The molecule has 0 bridgehead atoms. The van der Waals surface area contributed by atoms with Gasteiger partial charge in [-0.2, -0.15) is 8.78 Å². The molecule has 0 aromatic carbocycles. The number of hydrogen-bond donors (Lipinski definition) is 3. The third-order valence-electron chi connectivity index (χ3n) is 7.89. The number of halogens is 5. The van der Waals surface area contributed by atoms with Gasteiger partial charge >= 0.3 is 6.61 Å². The van der Waals surface area contributed by atoms with Crippen LogP contribution in [0.5, 0.6) is 5.88 Å². The van der Waals surface area contributed by atoms with Crippen LogP contribution in [0.2, 0.25) is 0 Å². The number of amides is 2. The van der Waals surface area contributed by atoms with Gasteiger partial charge in [0.05, 0.1) is 5.56 Å². The number of nitrogens with zero attached hydrogens (tertiary/aromatic N) is 5. The Kier molecular flexibility index (Phi) is 7.31. The van der Waals surface area contributed by atoms with Crippen LogP contribution in [-0.2, 0) is 24.7 Å². The Hall–Kier alpha value is -3.76. The summed E-state index contributed by atoms with van der Waals surface area (Å²) < 4.78 is 72.9. The van der Waals surface area contributed by atoms with E-state index in [4.69, 9.17) is 0 Å². The van der Waals surface area contributed by atoms with E-state index >= 15 is 0 Å². The highest BCUT2D eigenvalue weighted by molar-refractivity contribution is 7.17. The predicted molar refractivity (Wildman–Crippen MR) is 140 cm³/mol. The molecule has 6 rings (SSSR count). The van der Waals surface area contributed by atoms with Gasteiger partial charge < -0.3 is 20.7 Å². The van der Waals surface area contributed by atoms with E-state index in [1.54, 1.807) is 4.57 Å². The molecule has 42 heavy (non-hydrogen) atoms.